The molecule has 0 spiro atoms. The maximum absolute atomic E-state index is 12.1. The van der Waals surface area contributed by atoms with E-state index in [4.69, 9.17) is 14.2 Å². The van der Waals surface area contributed by atoms with E-state index in [0.717, 1.165) is 5.75 Å². The summed E-state index contributed by atoms with van der Waals surface area (Å²) in [6, 6.07) is 13.1. The summed E-state index contributed by atoms with van der Waals surface area (Å²) in [5, 5.41) is 5.58. The van der Waals surface area contributed by atoms with Gasteiger partial charge < -0.3 is 24.8 Å². The van der Waals surface area contributed by atoms with Gasteiger partial charge in [0.05, 0.1) is 26.5 Å². The Labute approximate surface area is 167 Å². The molecule has 0 saturated heterocycles. The molecule has 2 N–H and O–H groups in total. The van der Waals surface area contributed by atoms with Crippen LogP contribution in [-0.4, -0.2) is 33.4 Å². The molecule has 2 aromatic rings. The Morgan fingerprint density at radius 3 is 2.25 bits per heavy atom. The highest BCUT2D eigenvalue weighted by atomic mass is 16.5. The lowest BCUT2D eigenvalue weighted by Gasteiger charge is -2.19. The zero-order valence-corrected chi connectivity index (χ0v) is 17.3. The molecule has 0 bridgehead atoms. The first-order valence-corrected chi connectivity index (χ1v) is 9.33. The summed E-state index contributed by atoms with van der Waals surface area (Å²) in [6.45, 7) is 7.57. The Kier molecular flexibility index (Phi) is 7.55. The van der Waals surface area contributed by atoms with E-state index in [1.54, 1.807) is 32.4 Å². The molecule has 6 nitrogen and oxygen atoms in total. The van der Waals surface area contributed by atoms with Crippen molar-refractivity contribution >= 4 is 11.7 Å². The molecule has 152 valence electrons. The zero-order chi connectivity index (χ0) is 20.6. The molecule has 2 aromatic carbocycles. The molecule has 0 radical (unpaired) electrons. The van der Waals surface area contributed by atoms with Gasteiger partial charge in [0.2, 0.25) is 0 Å². The fraction of sp³-hybridized carbons (Fsp3) is 0.409. The average Bonchev–Trinajstić information content (AvgIpc) is 2.67. The molecular formula is C22H30N2O4. The average molecular weight is 386 g/mol. The monoisotopic (exact) mass is 386 g/mol. The second-order valence-corrected chi connectivity index (χ2v) is 7.42. The van der Waals surface area contributed by atoms with Crippen molar-refractivity contribution in [1.29, 1.82) is 0 Å². The van der Waals surface area contributed by atoms with Gasteiger partial charge in [-0.3, -0.25) is 0 Å². The molecule has 28 heavy (non-hydrogen) atoms. The van der Waals surface area contributed by atoms with Crippen molar-refractivity contribution in [2.24, 2.45) is 0 Å². The molecule has 0 aliphatic rings. The van der Waals surface area contributed by atoms with Gasteiger partial charge >= 0.3 is 6.03 Å². The van der Waals surface area contributed by atoms with E-state index in [1.807, 2.05) is 12.1 Å². The van der Waals surface area contributed by atoms with Crippen molar-refractivity contribution in [2.75, 3.05) is 32.7 Å². The molecule has 0 unspecified atom stereocenters. The number of rotatable bonds is 8. The first-order chi connectivity index (χ1) is 13.3. The molecular weight excluding hydrogens is 356 g/mol. The van der Waals surface area contributed by atoms with Crippen molar-refractivity contribution in [2.45, 2.75) is 32.6 Å². The summed E-state index contributed by atoms with van der Waals surface area (Å²) < 4.78 is 16.2. The van der Waals surface area contributed by atoms with Crippen LogP contribution in [0.15, 0.2) is 42.5 Å². The Hall–Kier alpha value is -2.89. The van der Waals surface area contributed by atoms with Crippen LogP contribution in [0.1, 0.15) is 32.8 Å². The van der Waals surface area contributed by atoms with Crippen LogP contribution in [0.2, 0.25) is 0 Å². The normalized spacial score (nSPS) is 10.9. The minimum absolute atomic E-state index is 0.126. The van der Waals surface area contributed by atoms with Gasteiger partial charge in [0, 0.05) is 12.6 Å². The maximum atomic E-state index is 12.1. The van der Waals surface area contributed by atoms with Gasteiger partial charge in [-0.25, -0.2) is 4.79 Å². The summed E-state index contributed by atoms with van der Waals surface area (Å²) >= 11 is 0. The molecule has 0 aliphatic carbocycles. The minimum Gasteiger partial charge on any atom is -0.497 e. The van der Waals surface area contributed by atoms with E-state index >= 15 is 0 Å². The Morgan fingerprint density at radius 2 is 1.64 bits per heavy atom. The lowest BCUT2D eigenvalue weighted by atomic mass is 9.87. The van der Waals surface area contributed by atoms with E-state index in [9.17, 15) is 4.79 Å². The topological polar surface area (TPSA) is 68.8 Å². The fourth-order valence-corrected chi connectivity index (χ4v) is 2.59. The van der Waals surface area contributed by atoms with Gasteiger partial charge in [-0.2, -0.15) is 0 Å². The summed E-state index contributed by atoms with van der Waals surface area (Å²) in [4.78, 5) is 12.1. The molecule has 0 aromatic heterocycles. The van der Waals surface area contributed by atoms with Gasteiger partial charge in [0.25, 0.3) is 0 Å². The number of ether oxygens (including phenoxy) is 3. The number of carbonyl (C=O) groups excluding carboxylic acids is 1. The predicted molar refractivity (Wildman–Crippen MR) is 112 cm³/mol. The van der Waals surface area contributed by atoms with Crippen LogP contribution in [0.3, 0.4) is 0 Å². The highest BCUT2D eigenvalue weighted by Crippen LogP contribution is 2.28. The second-order valence-electron chi connectivity index (χ2n) is 7.42. The van der Waals surface area contributed by atoms with Crippen LogP contribution >= 0.6 is 0 Å². The number of hydrogen-bond donors (Lipinski definition) is 2. The number of nitrogens with one attached hydrogen (secondary N) is 2. The Bertz CT molecular complexity index is 767. The molecule has 2 amide bonds. The van der Waals surface area contributed by atoms with E-state index < -0.39 is 0 Å². The van der Waals surface area contributed by atoms with Crippen molar-refractivity contribution in [3.63, 3.8) is 0 Å². The molecule has 0 fully saturated rings. The van der Waals surface area contributed by atoms with Gasteiger partial charge in [0.15, 0.2) is 0 Å². The molecule has 0 heterocycles. The van der Waals surface area contributed by atoms with E-state index in [2.05, 4.69) is 43.5 Å². The molecule has 2 rings (SSSR count). The zero-order valence-electron chi connectivity index (χ0n) is 17.3. The molecule has 0 aliphatic heterocycles. The van der Waals surface area contributed by atoms with Crippen LogP contribution in [0.5, 0.6) is 17.2 Å². The van der Waals surface area contributed by atoms with Crippen LogP contribution in [0, 0.1) is 0 Å². The molecule has 6 heteroatoms. The second kappa shape index (κ2) is 9.88. The SMILES string of the molecule is COc1ccc(OC)c(NC(=O)NCCCOc2ccc(C(C)(C)C)cc2)c1. The third-order valence-electron chi connectivity index (χ3n) is 4.25. The number of hydrogen-bond acceptors (Lipinski definition) is 4. The predicted octanol–water partition coefficient (Wildman–Crippen LogP) is 4.59. The maximum Gasteiger partial charge on any atom is 0.319 e. The van der Waals surface area contributed by atoms with Gasteiger partial charge in [0.1, 0.15) is 17.2 Å². The summed E-state index contributed by atoms with van der Waals surface area (Å²) in [5.74, 6) is 2.04. The first-order valence-electron chi connectivity index (χ1n) is 9.33. The number of carbonyl (C=O) groups is 1. The minimum atomic E-state index is -0.305. The van der Waals surface area contributed by atoms with E-state index in [-0.39, 0.29) is 11.4 Å². The van der Waals surface area contributed by atoms with Gasteiger partial charge in [-0.05, 0) is 41.7 Å². The smallest absolute Gasteiger partial charge is 0.319 e. The third-order valence-corrected chi connectivity index (χ3v) is 4.25. The van der Waals surface area contributed by atoms with Crippen molar-refractivity contribution in [3.8, 4) is 17.2 Å². The fourth-order valence-electron chi connectivity index (χ4n) is 2.59. The van der Waals surface area contributed by atoms with Gasteiger partial charge in [-0.15, -0.1) is 0 Å². The summed E-state index contributed by atoms with van der Waals surface area (Å²) in [5.41, 5.74) is 1.95. The number of benzene rings is 2. The van der Waals surface area contributed by atoms with Crippen LogP contribution < -0.4 is 24.8 Å². The third kappa shape index (κ3) is 6.37. The quantitative estimate of drug-likeness (QED) is 0.651. The largest absolute Gasteiger partial charge is 0.497 e. The Balaban J connectivity index is 1.73. The van der Waals surface area contributed by atoms with Crippen molar-refractivity contribution in [3.05, 3.63) is 48.0 Å². The Morgan fingerprint density at radius 1 is 0.964 bits per heavy atom. The van der Waals surface area contributed by atoms with E-state index in [0.29, 0.717) is 36.8 Å². The number of methoxy groups -OCH3 is 2. The highest BCUT2D eigenvalue weighted by molar-refractivity contribution is 5.91. The highest BCUT2D eigenvalue weighted by Gasteiger charge is 2.13. The van der Waals surface area contributed by atoms with E-state index in [1.165, 1.54) is 5.56 Å². The van der Waals surface area contributed by atoms with Crippen LogP contribution in [0.25, 0.3) is 0 Å². The first kappa shape index (κ1) is 21.4. The van der Waals surface area contributed by atoms with Crippen LogP contribution in [0.4, 0.5) is 10.5 Å². The lowest BCUT2D eigenvalue weighted by Crippen LogP contribution is -2.30. The van der Waals surface area contributed by atoms with Gasteiger partial charge in [-0.1, -0.05) is 32.9 Å². The standard InChI is InChI=1S/C22H30N2O4/c1-22(2,3)16-7-9-17(10-8-16)28-14-6-13-23-21(25)24-19-15-18(26-4)11-12-20(19)27-5/h7-12,15H,6,13-14H2,1-5H3,(H2,23,24,25). The summed E-state index contributed by atoms with van der Waals surface area (Å²) in [7, 11) is 3.12. The molecule has 0 saturated carbocycles. The number of urea groups is 1. The lowest BCUT2D eigenvalue weighted by molar-refractivity contribution is 0.250. The molecule has 0 atom stereocenters. The van der Waals surface area contributed by atoms with Crippen LogP contribution in [-0.2, 0) is 5.41 Å². The van der Waals surface area contributed by atoms with Crippen molar-refractivity contribution < 1.29 is 19.0 Å². The number of amides is 2. The number of anilines is 1. The van der Waals surface area contributed by atoms with Crippen molar-refractivity contribution in [1.82, 2.24) is 5.32 Å². The summed E-state index contributed by atoms with van der Waals surface area (Å²) in [6.07, 6.45) is 0.698.